The summed E-state index contributed by atoms with van der Waals surface area (Å²) in [6.45, 7) is 3.99. The maximum absolute atomic E-state index is 13.4. The molecule has 0 radical (unpaired) electrons. The van der Waals surface area contributed by atoms with Crippen molar-refractivity contribution in [2.75, 3.05) is 11.5 Å². The van der Waals surface area contributed by atoms with Gasteiger partial charge in [-0.3, -0.25) is 14.5 Å². The Hall–Kier alpha value is -3.92. The van der Waals surface area contributed by atoms with Crippen LogP contribution in [0.15, 0.2) is 101 Å². The van der Waals surface area contributed by atoms with Gasteiger partial charge >= 0.3 is 5.91 Å². The summed E-state index contributed by atoms with van der Waals surface area (Å²) >= 11 is 8.72. The second kappa shape index (κ2) is 11.9. The van der Waals surface area contributed by atoms with Gasteiger partial charge < -0.3 is 9.84 Å². The molecule has 39 heavy (non-hydrogen) atoms. The van der Waals surface area contributed by atoms with Gasteiger partial charge in [-0.1, -0.05) is 89.8 Å². The number of rotatable bonds is 9. The van der Waals surface area contributed by atoms with Gasteiger partial charge in [-0.15, -0.1) is 10.2 Å². The Kier molecular flexibility index (Phi) is 8.11. The topological polar surface area (TPSA) is 92.6 Å². The zero-order valence-corrected chi connectivity index (χ0v) is 22.9. The third-order valence-corrected chi connectivity index (χ3v) is 8.31. The van der Waals surface area contributed by atoms with Crippen molar-refractivity contribution in [1.29, 1.82) is 0 Å². The van der Waals surface area contributed by atoms with Crippen molar-refractivity contribution in [1.82, 2.24) is 10.2 Å². The van der Waals surface area contributed by atoms with Gasteiger partial charge in [0, 0.05) is 16.3 Å². The number of carbonyl (C=O) groups is 2. The quantitative estimate of drug-likeness (QED) is 0.0594. The zero-order valence-electron chi connectivity index (χ0n) is 20.5. The molecular formula is C29H22ClN3O4S2. The fourth-order valence-electron chi connectivity index (χ4n) is 4.09. The van der Waals surface area contributed by atoms with Gasteiger partial charge in [0.15, 0.2) is 4.34 Å². The molecule has 1 unspecified atom stereocenters. The molecule has 1 fully saturated rings. The van der Waals surface area contributed by atoms with Crippen LogP contribution in [0.5, 0.6) is 5.75 Å². The molecule has 1 aliphatic heterocycles. The molecule has 0 aliphatic carbocycles. The number of aromatic nitrogens is 2. The minimum atomic E-state index is -0.922. The first-order chi connectivity index (χ1) is 19.0. The van der Waals surface area contributed by atoms with Gasteiger partial charge in [0.05, 0.1) is 11.6 Å². The summed E-state index contributed by atoms with van der Waals surface area (Å²) in [6, 6.07) is 22.4. The van der Waals surface area contributed by atoms with Crippen molar-refractivity contribution in [3.05, 3.63) is 119 Å². The number of aliphatic hydroxyl groups excluding tert-OH is 1. The summed E-state index contributed by atoms with van der Waals surface area (Å²) in [7, 11) is 0. The molecule has 1 amide bonds. The third kappa shape index (κ3) is 5.75. The van der Waals surface area contributed by atoms with Crippen molar-refractivity contribution < 1.29 is 19.4 Å². The van der Waals surface area contributed by atoms with Crippen LogP contribution in [-0.4, -0.2) is 33.6 Å². The summed E-state index contributed by atoms with van der Waals surface area (Å²) in [6.07, 6.45) is 1.64. The van der Waals surface area contributed by atoms with Crippen molar-refractivity contribution >= 4 is 57.3 Å². The van der Waals surface area contributed by atoms with E-state index in [1.165, 1.54) is 28.0 Å². The van der Waals surface area contributed by atoms with Gasteiger partial charge in [0.2, 0.25) is 5.13 Å². The number of anilines is 1. The molecule has 1 aliphatic rings. The lowest BCUT2D eigenvalue weighted by atomic mass is 9.95. The Morgan fingerprint density at radius 3 is 2.46 bits per heavy atom. The van der Waals surface area contributed by atoms with E-state index in [0.29, 0.717) is 38.6 Å². The lowest BCUT2D eigenvalue weighted by molar-refractivity contribution is -0.132. The number of benzene rings is 3. The Balaban J connectivity index is 1.53. The van der Waals surface area contributed by atoms with Gasteiger partial charge in [-0.05, 0) is 47.5 Å². The number of ketones is 1. The highest BCUT2D eigenvalue weighted by molar-refractivity contribution is 8.00. The predicted molar refractivity (Wildman–Crippen MR) is 154 cm³/mol. The van der Waals surface area contributed by atoms with Crippen LogP contribution < -0.4 is 9.64 Å². The number of amides is 1. The number of aliphatic hydroxyl groups is 1. The number of ether oxygens (including phenoxy) is 1. The minimum Gasteiger partial charge on any atom is -0.507 e. The molecule has 0 bridgehead atoms. The van der Waals surface area contributed by atoms with Crippen molar-refractivity contribution in [3.8, 4) is 5.75 Å². The molecule has 5 rings (SSSR count). The molecular weight excluding hydrogens is 554 g/mol. The van der Waals surface area contributed by atoms with Gasteiger partial charge in [0.1, 0.15) is 18.1 Å². The standard InChI is InChI=1S/C29H22ClN3O4S2/c1-2-16-37-22-14-10-19(11-15-22)24-23(25(34)20-8-12-21(30)13-9-20)26(35)27(36)33(24)28-31-32-29(39-28)38-17-18-6-4-3-5-7-18/h2-15,24,34H,1,16-17H2/b25-23-. The largest absolute Gasteiger partial charge is 0.507 e. The minimum absolute atomic E-state index is 0.0456. The Morgan fingerprint density at radius 1 is 1.05 bits per heavy atom. The fourth-order valence-corrected chi connectivity index (χ4v) is 6.04. The number of hydrogen-bond acceptors (Lipinski definition) is 8. The zero-order chi connectivity index (χ0) is 27.4. The Labute approximate surface area is 238 Å². The van der Waals surface area contributed by atoms with Crippen molar-refractivity contribution in [2.45, 2.75) is 16.1 Å². The number of halogens is 1. The van der Waals surface area contributed by atoms with Crippen molar-refractivity contribution in [2.24, 2.45) is 0 Å². The number of hydrogen-bond donors (Lipinski definition) is 1. The van der Waals surface area contributed by atoms with Crippen molar-refractivity contribution in [3.63, 3.8) is 0 Å². The number of nitrogens with zero attached hydrogens (tertiary/aromatic N) is 3. The van der Waals surface area contributed by atoms with E-state index in [0.717, 1.165) is 5.56 Å². The molecule has 0 saturated carbocycles. The molecule has 1 saturated heterocycles. The lowest BCUT2D eigenvalue weighted by Crippen LogP contribution is -2.29. The smallest absolute Gasteiger partial charge is 0.301 e. The summed E-state index contributed by atoms with van der Waals surface area (Å²) in [4.78, 5) is 28.1. The number of carbonyl (C=O) groups excluding carboxylic acids is 2. The van der Waals surface area contributed by atoms with E-state index in [4.69, 9.17) is 16.3 Å². The molecule has 1 N–H and O–H groups in total. The van der Waals surface area contributed by atoms with Gasteiger partial charge in [-0.25, -0.2) is 0 Å². The third-order valence-electron chi connectivity index (χ3n) is 5.93. The molecule has 1 atom stereocenters. The van der Waals surface area contributed by atoms with Crippen LogP contribution >= 0.6 is 34.7 Å². The van der Waals surface area contributed by atoms with E-state index < -0.39 is 17.7 Å². The Morgan fingerprint density at radius 2 is 1.77 bits per heavy atom. The molecule has 3 aromatic carbocycles. The summed E-state index contributed by atoms with van der Waals surface area (Å²) in [5.74, 6) is -0.622. The second-order valence-corrected chi connectivity index (χ2v) is 11.1. The molecule has 2 heterocycles. The van der Waals surface area contributed by atoms with Crippen LogP contribution in [0.1, 0.15) is 22.7 Å². The predicted octanol–water partition coefficient (Wildman–Crippen LogP) is 6.67. The highest BCUT2D eigenvalue weighted by Gasteiger charge is 2.48. The van der Waals surface area contributed by atoms with E-state index in [9.17, 15) is 14.7 Å². The Bertz CT molecular complexity index is 1540. The molecule has 4 aromatic rings. The molecule has 7 nitrogen and oxygen atoms in total. The average Bonchev–Trinajstić information content (AvgIpc) is 3.53. The highest BCUT2D eigenvalue weighted by atomic mass is 35.5. The van der Waals surface area contributed by atoms with Crippen LogP contribution in [0, 0.1) is 0 Å². The SMILES string of the molecule is C=CCOc1ccc(C2/C(=C(/O)c3ccc(Cl)cc3)C(=O)C(=O)N2c2nnc(SCc3ccccc3)s2)cc1. The van der Waals surface area contributed by atoms with Crippen LogP contribution in [0.2, 0.25) is 5.02 Å². The highest BCUT2D eigenvalue weighted by Crippen LogP contribution is 2.44. The first-order valence-electron chi connectivity index (χ1n) is 11.9. The fraction of sp³-hybridized carbons (Fsp3) is 0.103. The van der Waals surface area contributed by atoms with E-state index in [1.807, 2.05) is 30.3 Å². The number of thioether (sulfide) groups is 1. The summed E-state index contributed by atoms with van der Waals surface area (Å²) < 4.78 is 6.24. The van der Waals surface area contributed by atoms with E-state index in [-0.39, 0.29) is 16.5 Å². The maximum atomic E-state index is 13.4. The van der Waals surface area contributed by atoms with Gasteiger partial charge in [0.25, 0.3) is 5.78 Å². The van der Waals surface area contributed by atoms with Crippen LogP contribution in [0.3, 0.4) is 0 Å². The number of Topliss-reactive ketones (excluding diaryl/α,β-unsaturated/α-hetero) is 1. The monoisotopic (exact) mass is 575 g/mol. The first kappa shape index (κ1) is 26.7. The van der Waals surface area contributed by atoms with E-state index >= 15 is 0 Å². The normalized spacial score (nSPS) is 16.4. The van der Waals surface area contributed by atoms with Crippen LogP contribution in [0.4, 0.5) is 5.13 Å². The molecule has 10 heteroatoms. The van der Waals surface area contributed by atoms with Crippen LogP contribution in [0.25, 0.3) is 5.76 Å². The molecule has 1 aromatic heterocycles. The van der Waals surface area contributed by atoms with E-state index in [1.54, 1.807) is 54.6 Å². The van der Waals surface area contributed by atoms with Gasteiger partial charge in [-0.2, -0.15) is 0 Å². The lowest BCUT2D eigenvalue weighted by Gasteiger charge is -2.22. The van der Waals surface area contributed by atoms with E-state index in [2.05, 4.69) is 16.8 Å². The summed E-state index contributed by atoms with van der Waals surface area (Å²) in [5.41, 5.74) is 2.05. The second-order valence-electron chi connectivity index (χ2n) is 8.47. The maximum Gasteiger partial charge on any atom is 0.301 e. The van der Waals surface area contributed by atoms with Crippen LogP contribution in [-0.2, 0) is 15.3 Å². The average molecular weight is 576 g/mol. The molecule has 0 spiro atoms. The summed E-state index contributed by atoms with van der Waals surface area (Å²) in [5, 5.41) is 20.5. The molecule has 196 valence electrons. The first-order valence-corrected chi connectivity index (χ1v) is 14.0.